The molecule has 0 fully saturated rings. The van der Waals surface area contributed by atoms with E-state index in [0.717, 1.165) is 16.7 Å². The van der Waals surface area contributed by atoms with Gasteiger partial charge in [-0.25, -0.2) is 5.48 Å². The lowest BCUT2D eigenvalue weighted by molar-refractivity contribution is -0.124. The fraction of sp³-hybridized carbons (Fsp3) is 0.111. The smallest absolute Gasteiger partial charge is 0.267 e. The van der Waals surface area contributed by atoms with Gasteiger partial charge >= 0.3 is 0 Å². The number of hydroxylamine groups is 1. The van der Waals surface area contributed by atoms with Crippen LogP contribution in [0, 0.1) is 6.92 Å². The highest BCUT2D eigenvalue weighted by molar-refractivity contribution is 5.94. The van der Waals surface area contributed by atoms with E-state index in [1.807, 2.05) is 43.3 Å². The van der Waals surface area contributed by atoms with Crippen molar-refractivity contribution in [3.8, 4) is 0 Å². The van der Waals surface area contributed by atoms with E-state index in [-0.39, 0.29) is 5.91 Å². The Bertz CT molecular complexity index is 704. The summed E-state index contributed by atoms with van der Waals surface area (Å²) in [5, 5.41) is 11.3. The summed E-state index contributed by atoms with van der Waals surface area (Å²) < 4.78 is 0. The van der Waals surface area contributed by atoms with E-state index in [4.69, 9.17) is 5.21 Å². The Morgan fingerprint density at radius 1 is 1.04 bits per heavy atom. The van der Waals surface area contributed by atoms with Crippen molar-refractivity contribution in [1.29, 1.82) is 0 Å². The van der Waals surface area contributed by atoms with E-state index in [0.29, 0.717) is 12.1 Å². The van der Waals surface area contributed by atoms with Gasteiger partial charge in [0.05, 0.1) is 0 Å². The summed E-state index contributed by atoms with van der Waals surface area (Å²) in [6.07, 6.45) is 2.81. The van der Waals surface area contributed by atoms with E-state index < -0.39 is 5.91 Å². The zero-order valence-electron chi connectivity index (χ0n) is 12.7. The zero-order valence-corrected chi connectivity index (χ0v) is 12.7. The second-order valence-corrected chi connectivity index (χ2v) is 5.10. The number of rotatable bonds is 5. The van der Waals surface area contributed by atoms with Crippen molar-refractivity contribution in [2.24, 2.45) is 0 Å². The predicted molar refractivity (Wildman–Crippen MR) is 87.8 cm³/mol. The molecule has 5 nitrogen and oxygen atoms in total. The maximum atomic E-state index is 12.0. The third-order valence-electron chi connectivity index (χ3n) is 3.28. The summed E-state index contributed by atoms with van der Waals surface area (Å²) in [4.78, 5) is 22.9. The summed E-state index contributed by atoms with van der Waals surface area (Å²) in [6.45, 7) is 2.40. The predicted octanol–water partition coefficient (Wildman–Crippen LogP) is 2.44. The number of aryl methyl sites for hydroxylation is 1. The molecule has 0 bridgehead atoms. The molecule has 0 aliphatic heterocycles. The Balaban J connectivity index is 1.91. The van der Waals surface area contributed by atoms with Crippen molar-refractivity contribution in [1.82, 2.24) is 10.8 Å². The Labute approximate surface area is 134 Å². The molecule has 0 aromatic heterocycles. The second-order valence-electron chi connectivity index (χ2n) is 5.10. The first-order chi connectivity index (χ1) is 11.1. The highest BCUT2D eigenvalue weighted by atomic mass is 16.5. The largest absolute Gasteiger partial charge is 0.348 e. The Morgan fingerprint density at radius 2 is 1.70 bits per heavy atom. The van der Waals surface area contributed by atoms with Gasteiger partial charge in [-0.15, -0.1) is 0 Å². The molecular formula is C18H18N2O3. The van der Waals surface area contributed by atoms with E-state index >= 15 is 0 Å². The quantitative estimate of drug-likeness (QED) is 0.451. The molecule has 118 valence electrons. The van der Waals surface area contributed by atoms with Crippen LogP contribution in [0.5, 0.6) is 0 Å². The molecule has 2 amide bonds. The first-order valence-electron chi connectivity index (χ1n) is 7.14. The van der Waals surface area contributed by atoms with Gasteiger partial charge in [-0.05, 0) is 36.3 Å². The van der Waals surface area contributed by atoms with Crippen LogP contribution in [-0.2, 0) is 11.3 Å². The van der Waals surface area contributed by atoms with Crippen LogP contribution in [0.3, 0.4) is 0 Å². The van der Waals surface area contributed by atoms with Crippen LogP contribution < -0.4 is 10.8 Å². The Morgan fingerprint density at radius 3 is 2.30 bits per heavy atom. The molecule has 23 heavy (non-hydrogen) atoms. The minimum absolute atomic E-state index is 0.117. The summed E-state index contributed by atoms with van der Waals surface area (Å²) >= 11 is 0. The zero-order chi connectivity index (χ0) is 16.7. The average molecular weight is 310 g/mol. The van der Waals surface area contributed by atoms with Gasteiger partial charge in [0.15, 0.2) is 0 Å². The van der Waals surface area contributed by atoms with Crippen LogP contribution in [0.2, 0.25) is 0 Å². The summed E-state index contributed by atoms with van der Waals surface area (Å²) in [5.74, 6) is -0.701. The fourth-order valence-electron chi connectivity index (χ4n) is 1.95. The number of hydrogen-bond donors (Lipinski definition) is 3. The van der Waals surface area contributed by atoms with Crippen LogP contribution in [-0.4, -0.2) is 17.0 Å². The topological polar surface area (TPSA) is 78.4 Å². The third kappa shape index (κ3) is 5.09. The first-order valence-corrected chi connectivity index (χ1v) is 7.14. The van der Waals surface area contributed by atoms with Crippen LogP contribution >= 0.6 is 0 Å². The van der Waals surface area contributed by atoms with Crippen molar-refractivity contribution in [2.75, 3.05) is 0 Å². The molecule has 0 aliphatic rings. The van der Waals surface area contributed by atoms with Crippen molar-refractivity contribution in [2.45, 2.75) is 13.5 Å². The van der Waals surface area contributed by atoms with Gasteiger partial charge in [0, 0.05) is 18.2 Å². The normalized spacial score (nSPS) is 10.5. The summed E-state index contributed by atoms with van der Waals surface area (Å²) in [5.41, 5.74) is 5.04. The molecule has 2 rings (SSSR count). The maximum Gasteiger partial charge on any atom is 0.267 e. The molecule has 3 N–H and O–H groups in total. The molecule has 0 heterocycles. The van der Waals surface area contributed by atoms with Crippen LogP contribution in [0.15, 0.2) is 54.6 Å². The molecule has 2 aromatic carbocycles. The number of amides is 2. The Hall–Kier alpha value is -2.92. The lowest BCUT2D eigenvalue weighted by Crippen LogP contribution is -2.22. The van der Waals surface area contributed by atoms with Gasteiger partial charge in [-0.1, -0.05) is 42.0 Å². The minimum Gasteiger partial charge on any atom is -0.348 e. The number of carbonyl (C=O) groups is 2. The lowest BCUT2D eigenvalue weighted by Gasteiger charge is -2.06. The monoisotopic (exact) mass is 310 g/mol. The molecule has 5 heteroatoms. The molecule has 0 aliphatic carbocycles. The van der Waals surface area contributed by atoms with E-state index in [9.17, 15) is 9.59 Å². The van der Waals surface area contributed by atoms with Crippen molar-refractivity contribution < 1.29 is 14.8 Å². The van der Waals surface area contributed by atoms with Gasteiger partial charge in [0.2, 0.25) is 0 Å². The molecule has 0 radical (unpaired) electrons. The minimum atomic E-state index is -0.584. The van der Waals surface area contributed by atoms with E-state index in [1.165, 1.54) is 11.6 Å². The first kappa shape index (κ1) is 16.5. The van der Waals surface area contributed by atoms with Gasteiger partial charge < -0.3 is 5.32 Å². The second kappa shape index (κ2) is 7.91. The van der Waals surface area contributed by atoms with Crippen LogP contribution in [0.25, 0.3) is 6.08 Å². The molecule has 0 spiro atoms. The Kier molecular flexibility index (Phi) is 5.66. The lowest BCUT2D eigenvalue weighted by atomic mass is 10.1. The molecule has 0 atom stereocenters. The number of hydrogen-bond acceptors (Lipinski definition) is 3. The van der Waals surface area contributed by atoms with Crippen LogP contribution in [0.4, 0.5) is 0 Å². The molecule has 0 saturated carbocycles. The molecule has 2 aromatic rings. The summed E-state index contributed by atoms with van der Waals surface area (Å²) in [6, 6.07) is 14.8. The number of carbonyl (C=O) groups excluding carboxylic acids is 2. The standard InChI is InChI=1S/C18H18N2O3/c1-13-2-9-16(10-3-13)18(22)19-12-15-6-4-14(5-7-15)8-11-17(21)20-23/h2-11,23H,12H2,1H3,(H,19,22)(H,20,21)/b11-8+. The average Bonchev–Trinajstić information content (AvgIpc) is 2.59. The van der Waals surface area contributed by atoms with Crippen molar-refractivity contribution in [3.63, 3.8) is 0 Å². The van der Waals surface area contributed by atoms with E-state index in [2.05, 4.69) is 5.32 Å². The van der Waals surface area contributed by atoms with Crippen molar-refractivity contribution >= 4 is 17.9 Å². The van der Waals surface area contributed by atoms with Gasteiger partial charge in [-0.3, -0.25) is 14.8 Å². The SMILES string of the molecule is Cc1ccc(C(=O)NCc2ccc(/C=C/C(=O)NO)cc2)cc1. The highest BCUT2D eigenvalue weighted by Gasteiger charge is 2.04. The van der Waals surface area contributed by atoms with Crippen molar-refractivity contribution in [3.05, 3.63) is 76.9 Å². The number of benzene rings is 2. The van der Waals surface area contributed by atoms with Gasteiger partial charge in [0.1, 0.15) is 0 Å². The van der Waals surface area contributed by atoms with E-state index in [1.54, 1.807) is 18.2 Å². The summed E-state index contributed by atoms with van der Waals surface area (Å²) in [7, 11) is 0. The maximum absolute atomic E-state index is 12.0. The third-order valence-corrected chi connectivity index (χ3v) is 3.28. The van der Waals surface area contributed by atoms with Crippen LogP contribution in [0.1, 0.15) is 27.0 Å². The fourth-order valence-corrected chi connectivity index (χ4v) is 1.95. The molecule has 0 saturated heterocycles. The molecular weight excluding hydrogens is 292 g/mol. The number of nitrogens with one attached hydrogen (secondary N) is 2. The van der Waals surface area contributed by atoms with Gasteiger partial charge in [0.25, 0.3) is 11.8 Å². The van der Waals surface area contributed by atoms with Gasteiger partial charge in [-0.2, -0.15) is 0 Å². The molecule has 0 unspecified atom stereocenters. The highest BCUT2D eigenvalue weighted by Crippen LogP contribution is 2.07.